The van der Waals surface area contributed by atoms with Gasteiger partial charge in [0.05, 0.1) is 0 Å². The first kappa shape index (κ1) is 29.2. The molecular weight excluding hydrogens is 617 g/mol. The van der Waals surface area contributed by atoms with Crippen LogP contribution in [0.4, 0.5) is 0 Å². The molecule has 1 unspecified atom stereocenters. The van der Waals surface area contributed by atoms with Crippen molar-refractivity contribution in [2.75, 3.05) is 6.66 Å². The highest BCUT2D eigenvalue weighted by atomic mass is 31.2. The van der Waals surface area contributed by atoms with Gasteiger partial charge >= 0.3 is 0 Å². The van der Waals surface area contributed by atoms with Gasteiger partial charge in [-0.15, -0.1) is 0 Å². The molecule has 1 aliphatic heterocycles. The molecule has 0 fully saturated rings. The smallest absolute Gasteiger partial charge is 0.164 e. The van der Waals surface area contributed by atoms with Crippen LogP contribution in [0.2, 0.25) is 0 Å². The van der Waals surface area contributed by atoms with Crippen LogP contribution in [0.15, 0.2) is 164 Å². The Morgan fingerprint density at radius 2 is 0.878 bits per heavy atom. The van der Waals surface area contributed by atoms with Crippen molar-refractivity contribution in [2.24, 2.45) is 0 Å². The van der Waals surface area contributed by atoms with Gasteiger partial charge in [-0.1, -0.05) is 164 Å². The van der Waals surface area contributed by atoms with Gasteiger partial charge in [0.1, 0.15) is 7.14 Å². The van der Waals surface area contributed by atoms with E-state index >= 15 is 0 Å². The minimum absolute atomic E-state index is 0.619. The topological polar surface area (TPSA) is 55.7 Å². The van der Waals surface area contributed by atoms with Crippen LogP contribution in [-0.4, -0.2) is 21.6 Å². The van der Waals surface area contributed by atoms with Crippen molar-refractivity contribution < 1.29 is 4.57 Å². The van der Waals surface area contributed by atoms with Crippen molar-refractivity contribution in [2.45, 2.75) is 0 Å². The molecule has 1 aromatic heterocycles. The molecule has 232 valence electrons. The molecule has 0 amide bonds. The molecule has 0 aliphatic carbocycles. The molecule has 1 atom stereocenters. The summed E-state index contributed by atoms with van der Waals surface area (Å²) in [5.41, 5.74) is 9.34. The lowest BCUT2D eigenvalue weighted by Gasteiger charge is -2.18. The average Bonchev–Trinajstić information content (AvgIpc) is 3.41. The van der Waals surface area contributed by atoms with Crippen molar-refractivity contribution in [1.82, 2.24) is 15.0 Å². The van der Waals surface area contributed by atoms with E-state index in [4.69, 9.17) is 15.0 Å². The van der Waals surface area contributed by atoms with E-state index in [0.29, 0.717) is 17.5 Å². The largest absolute Gasteiger partial charge is 0.314 e. The van der Waals surface area contributed by atoms with Gasteiger partial charge < -0.3 is 4.57 Å². The highest BCUT2D eigenvalue weighted by molar-refractivity contribution is 7.79. The van der Waals surface area contributed by atoms with Gasteiger partial charge in [-0.05, 0) is 45.3 Å². The van der Waals surface area contributed by atoms with Crippen LogP contribution in [0, 0.1) is 0 Å². The third kappa shape index (κ3) is 4.92. The van der Waals surface area contributed by atoms with Crippen LogP contribution in [0.5, 0.6) is 0 Å². The monoisotopic (exact) mass is 647 g/mol. The summed E-state index contributed by atoms with van der Waals surface area (Å²) in [5.74, 6) is 1.89. The second-order valence-corrected chi connectivity index (χ2v) is 15.3. The molecule has 0 saturated heterocycles. The SMILES string of the molecule is CP1(=O)c2ccccc2-c2c(-c3ccc4ccccc4c3-c3ccc(-c4nc(-c5ccccc5)nc(-c5ccccc5)n4)cc3)cccc21. The molecule has 0 N–H and O–H groups in total. The maximum atomic E-state index is 14.2. The zero-order valence-corrected chi connectivity index (χ0v) is 27.7. The average molecular weight is 648 g/mol. The van der Waals surface area contributed by atoms with E-state index in [1.165, 1.54) is 0 Å². The summed E-state index contributed by atoms with van der Waals surface area (Å²) in [5, 5.41) is 4.19. The molecule has 8 aromatic rings. The zero-order chi connectivity index (χ0) is 33.0. The molecule has 7 aromatic carbocycles. The van der Waals surface area contributed by atoms with Crippen molar-refractivity contribution in [3.63, 3.8) is 0 Å². The fourth-order valence-corrected chi connectivity index (χ4v) is 9.44. The predicted molar refractivity (Wildman–Crippen MR) is 203 cm³/mol. The number of hydrogen-bond donors (Lipinski definition) is 0. The summed E-state index contributed by atoms with van der Waals surface area (Å²) in [6, 6.07) is 55.9. The molecule has 0 spiro atoms. The number of benzene rings is 7. The first-order valence-electron chi connectivity index (χ1n) is 16.4. The first-order chi connectivity index (χ1) is 24.1. The van der Waals surface area contributed by atoms with Crippen molar-refractivity contribution in [3.05, 3.63) is 164 Å². The summed E-state index contributed by atoms with van der Waals surface area (Å²) < 4.78 is 14.2. The molecule has 0 saturated carbocycles. The van der Waals surface area contributed by atoms with E-state index in [0.717, 1.165) is 71.5 Å². The van der Waals surface area contributed by atoms with Gasteiger partial charge in [-0.3, -0.25) is 0 Å². The first-order valence-corrected chi connectivity index (χ1v) is 18.5. The Balaban J connectivity index is 1.22. The van der Waals surface area contributed by atoms with E-state index < -0.39 is 7.14 Å². The summed E-state index contributed by atoms with van der Waals surface area (Å²) >= 11 is 0. The highest BCUT2D eigenvalue weighted by Gasteiger charge is 2.36. The Hall–Kier alpha value is -5.96. The van der Waals surface area contributed by atoms with Gasteiger partial charge in [-0.2, -0.15) is 0 Å². The van der Waals surface area contributed by atoms with E-state index in [1.54, 1.807) is 0 Å². The van der Waals surface area contributed by atoms with E-state index in [9.17, 15) is 4.57 Å². The van der Waals surface area contributed by atoms with Gasteiger partial charge in [-0.25, -0.2) is 15.0 Å². The van der Waals surface area contributed by atoms with Crippen LogP contribution >= 0.6 is 7.14 Å². The third-order valence-corrected chi connectivity index (χ3v) is 12.1. The summed E-state index contributed by atoms with van der Waals surface area (Å²) in [7, 11) is -2.72. The highest BCUT2D eigenvalue weighted by Crippen LogP contribution is 2.53. The molecule has 49 heavy (non-hydrogen) atoms. The van der Waals surface area contributed by atoms with Gasteiger partial charge in [0.2, 0.25) is 0 Å². The van der Waals surface area contributed by atoms with Crippen molar-refractivity contribution in [1.29, 1.82) is 0 Å². The second kappa shape index (κ2) is 11.6. The van der Waals surface area contributed by atoms with E-state index in [2.05, 4.69) is 72.8 Å². The maximum absolute atomic E-state index is 14.2. The lowest BCUT2D eigenvalue weighted by atomic mass is 9.86. The fourth-order valence-electron chi connectivity index (χ4n) is 7.12. The molecule has 2 heterocycles. The lowest BCUT2D eigenvalue weighted by Crippen LogP contribution is -2.08. The van der Waals surface area contributed by atoms with Gasteiger partial charge in [0.25, 0.3) is 0 Å². The second-order valence-electron chi connectivity index (χ2n) is 12.5. The minimum atomic E-state index is -2.72. The van der Waals surface area contributed by atoms with Gasteiger partial charge in [0.15, 0.2) is 17.5 Å². The minimum Gasteiger partial charge on any atom is -0.314 e. The lowest BCUT2D eigenvalue weighted by molar-refractivity contribution is 0.591. The molecule has 0 radical (unpaired) electrons. The van der Waals surface area contributed by atoms with E-state index in [1.807, 2.05) is 97.7 Å². The summed E-state index contributed by atoms with van der Waals surface area (Å²) in [6.45, 7) is 1.90. The quantitative estimate of drug-likeness (QED) is 0.175. The van der Waals surface area contributed by atoms with E-state index in [-0.39, 0.29) is 0 Å². The molecule has 9 rings (SSSR count). The maximum Gasteiger partial charge on any atom is 0.164 e. The Morgan fingerprint density at radius 3 is 1.55 bits per heavy atom. The van der Waals surface area contributed by atoms with Crippen LogP contribution in [0.3, 0.4) is 0 Å². The van der Waals surface area contributed by atoms with Crippen LogP contribution < -0.4 is 10.6 Å². The number of nitrogens with zero attached hydrogens (tertiary/aromatic N) is 3. The molecule has 4 nitrogen and oxygen atoms in total. The van der Waals surface area contributed by atoms with Gasteiger partial charge in [0, 0.05) is 32.9 Å². The number of hydrogen-bond acceptors (Lipinski definition) is 4. The standard InChI is InChI=1S/C44H30N3OP/c1-49(48)38-21-11-10-19-37(38)41-35(20-12-22-39(41)49)36-28-27-29-13-8-9-18-34(29)40(36)30-23-25-33(26-24-30)44-46-42(31-14-4-2-5-15-31)45-43(47-44)32-16-6-3-7-17-32/h2-28H,1H3. The van der Waals surface area contributed by atoms with Crippen LogP contribution in [0.1, 0.15) is 0 Å². The Morgan fingerprint density at radius 1 is 0.388 bits per heavy atom. The van der Waals surface area contributed by atoms with Crippen molar-refractivity contribution >= 4 is 28.5 Å². The predicted octanol–water partition coefficient (Wildman–Crippen LogP) is 10.3. The van der Waals surface area contributed by atoms with Crippen molar-refractivity contribution in [3.8, 4) is 67.5 Å². The number of fused-ring (bicyclic) bond motifs is 4. The normalized spacial score (nSPS) is 14.8. The van der Waals surface area contributed by atoms with Crippen LogP contribution in [-0.2, 0) is 4.57 Å². The number of rotatable bonds is 5. The Kier molecular flexibility index (Phi) is 6.93. The van der Waals surface area contributed by atoms with Crippen LogP contribution in [0.25, 0.3) is 78.3 Å². The zero-order valence-electron chi connectivity index (χ0n) is 26.8. The third-order valence-electron chi connectivity index (χ3n) is 9.49. The Bertz CT molecular complexity index is 2520. The summed E-state index contributed by atoms with van der Waals surface area (Å²) in [4.78, 5) is 14.7. The number of aromatic nitrogens is 3. The molecule has 1 aliphatic rings. The fraction of sp³-hybridized carbons (Fsp3) is 0.0227. The molecule has 5 heteroatoms. The summed E-state index contributed by atoms with van der Waals surface area (Å²) in [6.07, 6.45) is 0. The molecule has 0 bridgehead atoms. The molecular formula is C44H30N3OP. The Labute approximate surface area is 285 Å².